The third-order valence-corrected chi connectivity index (χ3v) is 16.0. The average Bonchev–Trinajstić information content (AvgIpc) is 3.45. The Labute approximate surface area is 236 Å². The summed E-state index contributed by atoms with van der Waals surface area (Å²) >= 11 is 0. The fourth-order valence-electron chi connectivity index (χ4n) is 6.98. The SMILES string of the molecule is C=P1(c2ccccc2-c2ccccc2P2(=C)c3ccccc3-c3ccccc32)c2ccccc2-c2ccccc21. The molecule has 2 aliphatic heterocycles. The number of hydrogen-bond donors (Lipinski definition) is 0. The van der Waals surface area contributed by atoms with Crippen LogP contribution in [0.4, 0.5) is 0 Å². The summed E-state index contributed by atoms with van der Waals surface area (Å²) in [6.07, 6.45) is 10.3. The van der Waals surface area contributed by atoms with E-state index in [1.807, 2.05) is 0 Å². The molecule has 0 aromatic heterocycles. The van der Waals surface area contributed by atoms with Crippen LogP contribution in [0.2, 0.25) is 0 Å². The molecule has 0 aliphatic carbocycles. The first-order valence-corrected chi connectivity index (χ1v) is 17.6. The van der Waals surface area contributed by atoms with Crippen molar-refractivity contribution in [3.63, 3.8) is 0 Å². The largest absolute Gasteiger partial charge is 0.0886 e. The van der Waals surface area contributed by atoms with Crippen LogP contribution in [0.15, 0.2) is 146 Å². The minimum Gasteiger partial charge on any atom is -0.0886 e. The predicted molar refractivity (Wildman–Crippen MR) is 182 cm³/mol. The van der Waals surface area contributed by atoms with Crippen molar-refractivity contribution >= 4 is 58.2 Å². The van der Waals surface area contributed by atoms with Crippen LogP contribution in [0.1, 0.15) is 0 Å². The van der Waals surface area contributed by atoms with Crippen molar-refractivity contribution in [1.82, 2.24) is 0 Å². The van der Waals surface area contributed by atoms with Crippen LogP contribution in [0.25, 0.3) is 33.4 Å². The van der Waals surface area contributed by atoms with Crippen molar-refractivity contribution in [3.05, 3.63) is 146 Å². The van der Waals surface area contributed by atoms with Gasteiger partial charge in [-0.3, -0.25) is 0 Å². The molecule has 0 spiro atoms. The van der Waals surface area contributed by atoms with Crippen LogP contribution in [-0.2, 0) is 0 Å². The van der Waals surface area contributed by atoms with E-state index in [0.29, 0.717) is 0 Å². The third kappa shape index (κ3) is 3.04. The normalized spacial score (nSPS) is 15.1. The standard InChI is InChI=1S/C38H28P2/c1-39(33-21-9-3-15-27(33)28-16-4-10-22-34(28)39)37-25-13-7-19-31(37)32-20-8-14-26-38(32)40(2)35-23-11-5-17-29(35)30-18-6-12-24-36(30)40/h3-26H,1-2H2. The molecule has 6 aromatic rings. The van der Waals surface area contributed by atoms with Gasteiger partial charge in [-0.25, -0.2) is 0 Å². The Hall–Kier alpha value is -4.08. The highest BCUT2D eigenvalue weighted by Gasteiger charge is 2.38. The minimum atomic E-state index is -2.12. The molecule has 0 saturated heterocycles. The van der Waals surface area contributed by atoms with Crippen LogP contribution < -0.4 is 31.8 Å². The molecule has 2 aliphatic rings. The van der Waals surface area contributed by atoms with Crippen LogP contribution in [0.3, 0.4) is 0 Å². The fraction of sp³-hybridized carbons (Fsp3) is 0. The molecule has 2 heterocycles. The molecule has 0 radical (unpaired) electrons. The molecule has 2 heteroatoms. The quantitative estimate of drug-likeness (QED) is 0.215. The molecule has 6 aromatic carbocycles. The van der Waals surface area contributed by atoms with Crippen LogP contribution in [0, 0.1) is 0 Å². The summed E-state index contributed by atoms with van der Waals surface area (Å²) < 4.78 is 0. The molecule has 190 valence electrons. The Bertz CT molecular complexity index is 1830. The van der Waals surface area contributed by atoms with E-state index >= 15 is 0 Å². The lowest BCUT2D eigenvalue weighted by molar-refractivity contribution is 1.68. The highest BCUT2D eigenvalue weighted by Crippen LogP contribution is 2.55. The Morgan fingerprint density at radius 1 is 0.250 bits per heavy atom. The third-order valence-electron chi connectivity index (χ3n) is 8.76. The highest BCUT2D eigenvalue weighted by molar-refractivity contribution is 7.95. The Morgan fingerprint density at radius 3 is 0.575 bits per heavy atom. The second kappa shape index (κ2) is 8.71. The molecule has 0 nitrogen and oxygen atoms in total. The number of hydrogen-bond acceptors (Lipinski definition) is 0. The number of fused-ring (bicyclic) bond motifs is 6. The maximum absolute atomic E-state index is 5.13. The maximum atomic E-state index is 5.13. The topological polar surface area (TPSA) is 0 Å². The molecule has 40 heavy (non-hydrogen) atoms. The summed E-state index contributed by atoms with van der Waals surface area (Å²) in [7, 11) is 0. The van der Waals surface area contributed by atoms with E-state index in [1.165, 1.54) is 65.2 Å². The van der Waals surface area contributed by atoms with Gasteiger partial charge in [-0.15, -0.1) is 0 Å². The van der Waals surface area contributed by atoms with Crippen molar-refractivity contribution in [2.24, 2.45) is 0 Å². The van der Waals surface area contributed by atoms with Crippen LogP contribution in [0.5, 0.6) is 0 Å². The molecular formula is C38H28P2. The number of benzene rings is 6. The maximum Gasteiger partial charge on any atom is -0.00867 e. The predicted octanol–water partition coefficient (Wildman–Crippen LogP) is 6.77. The zero-order valence-corrected chi connectivity index (χ0v) is 24.0. The minimum absolute atomic E-state index is 1.28. The van der Waals surface area contributed by atoms with Crippen molar-refractivity contribution in [3.8, 4) is 33.4 Å². The summed E-state index contributed by atoms with van der Waals surface area (Å²) in [6.45, 7) is -4.24. The molecule has 0 unspecified atom stereocenters. The lowest BCUT2D eigenvalue weighted by atomic mass is 10.1. The van der Waals surface area contributed by atoms with Gasteiger partial charge < -0.3 is 0 Å². The molecule has 0 fully saturated rings. The molecule has 0 amide bonds. The molecule has 8 rings (SSSR count). The van der Waals surface area contributed by atoms with E-state index in [9.17, 15) is 0 Å². The van der Waals surface area contributed by atoms with Crippen molar-refractivity contribution < 1.29 is 0 Å². The van der Waals surface area contributed by atoms with Crippen LogP contribution in [-0.4, -0.2) is 12.6 Å². The van der Waals surface area contributed by atoms with E-state index in [1.54, 1.807) is 0 Å². The first kappa shape index (κ1) is 23.8. The molecule has 0 atom stereocenters. The zero-order chi connectivity index (χ0) is 26.9. The lowest BCUT2D eigenvalue weighted by Gasteiger charge is -2.29. The summed E-state index contributed by atoms with van der Waals surface area (Å²) in [5.41, 5.74) is 7.85. The van der Waals surface area contributed by atoms with Gasteiger partial charge in [0, 0.05) is 0 Å². The van der Waals surface area contributed by atoms with Gasteiger partial charge in [-0.1, -0.05) is 158 Å². The van der Waals surface area contributed by atoms with E-state index in [4.69, 9.17) is 12.6 Å². The molecule has 0 bridgehead atoms. The van der Waals surface area contributed by atoms with Crippen molar-refractivity contribution in [1.29, 1.82) is 0 Å². The summed E-state index contributed by atoms with van der Waals surface area (Å²) in [4.78, 5) is 0. The van der Waals surface area contributed by atoms with E-state index in [2.05, 4.69) is 146 Å². The van der Waals surface area contributed by atoms with Gasteiger partial charge in [-0.05, 0) is 79.0 Å². The van der Waals surface area contributed by atoms with Gasteiger partial charge in [0.1, 0.15) is 0 Å². The van der Waals surface area contributed by atoms with E-state index in [-0.39, 0.29) is 0 Å². The first-order chi connectivity index (χ1) is 19.6. The second-order valence-electron chi connectivity index (χ2n) is 10.7. The highest BCUT2D eigenvalue weighted by atomic mass is 31.2. The van der Waals surface area contributed by atoms with Gasteiger partial charge >= 0.3 is 0 Å². The van der Waals surface area contributed by atoms with Crippen molar-refractivity contribution in [2.45, 2.75) is 0 Å². The smallest absolute Gasteiger partial charge is 0.00867 e. The Balaban J connectivity index is 1.43. The second-order valence-corrected chi connectivity index (χ2v) is 16.9. The molecule has 0 saturated carbocycles. The number of rotatable bonds is 3. The van der Waals surface area contributed by atoms with Gasteiger partial charge in [0.25, 0.3) is 0 Å². The molecular weight excluding hydrogens is 518 g/mol. The summed E-state index contributed by atoms with van der Waals surface area (Å²) in [5.74, 6) is 0. The Morgan fingerprint density at radius 2 is 0.400 bits per heavy atom. The molecule has 0 N–H and O–H groups in total. The zero-order valence-electron chi connectivity index (χ0n) is 22.2. The lowest BCUT2D eigenvalue weighted by Crippen LogP contribution is -2.26. The first-order valence-electron chi connectivity index (χ1n) is 13.7. The Kier molecular flexibility index (Phi) is 5.18. The average molecular weight is 547 g/mol. The van der Waals surface area contributed by atoms with Gasteiger partial charge in [0.15, 0.2) is 0 Å². The van der Waals surface area contributed by atoms with Gasteiger partial charge in [-0.2, -0.15) is 0 Å². The van der Waals surface area contributed by atoms with Crippen molar-refractivity contribution in [2.75, 3.05) is 0 Å². The summed E-state index contributed by atoms with van der Waals surface area (Å²) in [6, 6.07) is 53.6. The summed E-state index contributed by atoms with van der Waals surface area (Å²) in [5, 5.41) is 8.17. The van der Waals surface area contributed by atoms with Crippen LogP contribution >= 0.6 is 13.8 Å². The van der Waals surface area contributed by atoms with Gasteiger partial charge in [0.05, 0.1) is 0 Å². The van der Waals surface area contributed by atoms with E-state index in [0.717, 1.165) is 0 Å². The van der Waals surface area contributed by atoms with E-state index < -0.39 is 13.8 Å². The monoisotopic (exact) mass is 546 g/mol. The van der Waals surface area contributed by atoms with Gasteiger partial charge in [0.2, 0.25) is 0 Å². The fourth-order valence-corrected chi connectivity index (χ4v) is 14.2.